The summed E-state index contributed by atoms with van der Waals surface area (Å²) >= 11 is 0. The number of sulfone groups is 1. The van der Waals surface area contributed by atoms with E-state index in [-0.39, 0.29) is 6.10 Å². The number of hydrogen-bond acceptors (Lipinski definition) is 3. The Morgan fingerprint density at radius 3 is 2.33 bits per heavy atom. The van der Waals surface area contributed by atoms with Crippen LogP contribution in [0.2, 0.25) is 0 Å². The smallest absolute Gasteiger partial charge is 0.175 e. The molecule has 0 spiro atoms. The van der Waals surface area contributed by atoms with Crippen molar-refractivity contribution in [3.05, 3.63) is 29.3 Å². The van der Waals surface area contributed by atoms with E-state index in [0.29, 0.717) is 10.6 Å². The Bertz CT molecular complexity index is 550. The standard InChI is InChI=1S/C14H20O3S/c1-10(2)8-12-9-13(18(5,15)16)6-7-14(12)17-11(3)4/h6-9,11H,1-5H3. The quantitative estimate of drug-likeness (QED) is 0.841. The molecule has 1 aromatic carbocycles. The normalized spacial score (nSPS) is 11.4. The minimum Gasteiger partial charge on any atom is -0.490 e. The Balaban J connectivity index is 3.34. The van der Waals surface area contributed by atoms with Gasteiger partial charge in [0, 0.05) is 11.8 Å². The van der Waals surface area contributed by atoms with Crippen molar-refractivity contribution in [3.8, 4) is 5.75 Å². The average Bonchev–Trinajstić information content (AvgIpc) is 2.17. The van der Waals surface area contributed by atoms with Gasteiger partial charge in [0.15, 0.2) is 9.84 Å². The van der Waals surface area contributed by atoms with Crippen LogP contribution >= 0.6 is 0 Å². The summed E-state index contributed by atoms with van der Waals surface area (Å²) in [5.74, 6) is 0.707. The SMILES string of the molecule is CC(C)=Cc1cc(S(C)(=O)=O)ccc1OC(C)C. The van der Waals surface area contributed by atoms with Gasteiger partial charge >= 0.3 is 0 Å². The van der Waals surface area contributed by atoms with Crippen LogP contribution in [0.3, 0.4) is 0 Å². The minimum absolute atomic E-state index is 0.0541. The number of benzene rings is 1. The minimum atomic E-state index is -3.19. The van der Waals surface area contributed by atoms with Crippen molar-refractivity contribution in [2.45, 2.75) is 38.7 Å². The molecule has 100 valence electrons. The van der Waals surface area contributed by atoms with Crippen LogP contribution in [0.4, 0.5) is 0 Å². The average molecular weight is 268 g/mol. The lowest BCUT2D eigenvalue weighted by Crippen LogP contribution is -2.07. The van der Waals surface area contributed by atoms with Crippen LogP contribution in [-0.4, -0.2) is 20.8 Å². The first-order chi connectivity index (χ1) is 8.20. The molecule has 1 rings (SSSR count). The van der Waals surface area contributed by atoms with Gasteiger partial charge in [0.25, 0.3) is 0 Å². The molecule has 0 radical (unpaired) electrons. The highest BCUT2D eigenvalue weighted by molar-refractivity contribution is 7.90. The second kappa shape index (κ2) is 5.57. The number of allylic oxidation sites excluding steroid dienone is 1. The lowest BCUT2D eigenvalue weighted by atomic mass is 10.1. The summed E-state index contributed by atoms with van der Waals surface area (Å²) in [5.41, 5.74) is 1.89. The summed E-state index contributed by atoms with van der Waals surface area (Å²) in [7, 11) is -3.19. The highest BCUT2D eigenvalue weighted by Gasteiger charge is 2.11. The molecule has 1 aromatic rings. The van der Waals surface area contributed by atoms with E-state index in [4.69, 9.17) is 4.74 Å². The fraction of sp³-hybridized carbons (Fsp3) is 0.429. The molecule has 0 heterocycles. The second-order valence-electron chi connectivity index (χ2n) is 4.86. The largest absolute Gasteiger partial charge is 0.490 e. The highest BCUT2D eigenvalue weighted by atomic mass is 32.2. The lowest BCUT2D eigenvalue weighted by molar-refractivity contribution is 0.241. The van der Waals surface area contributed by atoms with Crippen LogP contribution < -0.4 is 4.74 Å². The van der Waals surface area contributed by atoms with Gasteiger partial charge in [-0.05, 0) is 45.9 Å². The molecule has 0 unspecified atom stereocenters. The van der Waals surface area contributed by atoms with Crippen molar-refractivity contribution >= 4 is 15.9 Å². The zero-order chi connectivity index (χ0) is 13.9. The van der Waals surface area contributed by atoms with Crippen molar-refractivity contribution in [2.24, 2.45) is 0 Å². The maximum Gasteiger partial charge on any atom is 0.175 e. The fourth-order valence-corrected chi connectivity index (χ4v) is 2.20. The van der Waals surface area contributed by atoms with E-state index in [9.17, 15) is 8.42 Å². The van der Waals surface area contributed by atoms with E-state index >= 15 is 0 Å². The van der Waals surface area contributed by atoms with Gasteiger partial charge in [-0.1, -0.05) is 11.6 Å². The van der Waals surface area contributed by atoms with E-state index in [1.165, 1.54) is 6.26 Å². The molecule has 0 aromatic heterocycles. The molecule has 0 bridgehead atoms. The Morgan fingerprint density at radius 2 is 1.89 bits per heavy atom. The fourth-order valence-electron chi connectivity index (χ4n) is 1.54. The number of hydrogen-bond donors (Lipinski definition) is 0. The molecule has 0 N–H and O–H groups in total. The lowest BCUT2D eigenvalue weighted by Gasteiger charge is -2.13. The summed E-state index contributed by atoms with van der Waals surface area (Å²) in [6, 6.07) is 4.95. The van der Waals surface area contributed by atoms with Crippen LogP contribution in [0.25, 0.3) is 6.08 Å². The van der Waals surface area contributed by atoms with Crippen molar-refractivity contribution in [1.82, 2.24) is 0 Å². The zero-order valence-electron chi connectivity index (χ0n) is 11.5. The van der Waals surface area contributed by atoms with Gasteiger partial charge in [-0.15, -0.1) is 0 Å². The molecule has 3 nitrogen and oxygen atoms in total. The van der Waals surface area contributed by atoms with Gasteiger partial charge in [0.05, 0.1) is 11.0 Å². The molecule has 18 heavy (non-hydrogen) atoms. The molecule has 0 aliphatic carbocycles. The first-order valence-corrected chi connectivity index (χ1v) is 7.75. The van der Waals surface area contributed by atoms with Gasteiger partial charge in [-0.25, -0.2) is 8.42 Å². The third-order valence-corrected chi connectivity index (χ3v) is 3.33. The molecule has 0 saturated heterocycles. The molecule has 0 amide bonds. The molecule has 0 fully saturated rings. The number of ether oxygens (including phenoxy) is 1. The summed E-state index contributed by atoms with van der Waals surface area (Å²) in [5, 5.41) is 0. The van der Waals surface area contributed by atoms with Gasteiger partial charge in [-0.2, -0.15) is 0 Å². The van der Waals surface area contributed by atoms with Crippen molar-refractivity contribution < 1.29 is 13.2 Å². The van der Waals surface area contributed by atoms with Gasteiger partial charge in [0.2, 0.25) is 0 Å². The summed E-state index contributed by atoms with van der Waals surface area (Å²) in [6.07, 6.45) is 3.18. The van der Waals surface area contributed by atoms with E-state index in [2.05, 4.69) is 0 Å². The molecule has 0 atom stereocenters. The summed E-state index contributed by atoms with van der Waals surface area (Å²) < 4.78 is 28.8. The third kappa shape index (κ3) is 4.18. The second-order valence-corrected chi connectivity index (χ2v) is 6.88. The van der Waals surface area contributed by atoms with E-state index in [1.54, 1.807) is 18.2 Å². The zero-order valence-corrected chi connectivity index (χ0v) is 12.3. The van der Waals surface area contributed by atoms with Gasteiger partial charge in [0.1, 0.15) is 5.75 Å². The van der Waals surface area contributed by atoms with E-state index in [1.807, 2.05) is 33.8 Å². The molecule has 0 aliphatic heterocycles. The van der Waals surface area contributed by atoms with Crippen molar-refractivity contribution in [2.75, 3.05) is 6.26 Å². The maximum atomic E-state index is 11.5. The predicted octanol–water partition coefficient (Wildman–Crippen LogP) is 3.30. The Hall–Kier alpha value is -1.29. The van der Waals surface area contributed by atoms with Crippen LogP contribution in [0.1, 0.15) is 33.3 Å². The van der Waals surface area contributed by atoms with Crippen LogP contribution in [-0.2, 0) is 9.84 Å². The van der Waals surface area contributed by atoms with E-state index < -0.39 is 9.84 Å². The molecular formula is C14H20O3S. The molecule has 4 heteroatoms. The summed E-state index contributed by atoms with van der Waals surface area (Å²) in [6.45, 7) is 7.81. The first kappa shape index (κ1) is 14.8. The highest BCUT2D eigenvalue weighted by Crippen LogP contribution is 2.26. The summed E-state index contributed by atoms with van der Waals surface area (Å²) in [4.78, 5) is 0.311. The molecule has 0 saturated carbocycles. The van der Waals surface area contributed by atoms with Gasteiger partial charge < -0.3 is 4.74 Å². The van der Waals surface area contributed by atoms with Crippen LogP contribution in [0.5, 0.6) is 5.75 Å². The van der Waals surface area contributed by atoms with Crippen LogP contribution in [0, 0.1) is 0 Å². The number of rotatable bonds is 4. The topological polar surface area (TPSA) is 43.4 Å². The van der Waals surface area contributed by atoms with Crippen molar-refractivity contribution in [1.29, 1.82) is 0 Å². The molecular weight excluding hydrogens is 248 g/mol. The van der Waals surface area contributed by atoms with Gasteiger partial charge in [-0.3, -0.25) is 0 Å². The Morgan fingerprint density at radius 1 is 1.28 bits per heavy atom. The maximum absolute atomic E-state index is 11.5. The Kier molecular flexibility index (Phi) is 4.57. The van der Waals surface area contributed by atoms with Crippen molar-refractivity contribution in [3.63, 3.8) is 0 Å². The Labute approximate surface area is 109 Å². The first-order valence-electron chi connectivity index (χ1n) is 5.86. The third-order valence-electron chi connectivity index (χ3n) is 2.22. The molecule has 0 aliphatic rings. The van der Waals surface area contributed by atoms with Crippen LogP contribution in [0.15, 0.2) is 28.7 Å². The monoisotopic (exact) mass is 268 g/mol. The van der Waals surface area contributed by atoms with E-state index in [0.717, 1.165) is 11.1 Å². The predicted molar refractivity (Wildman–Crippen MR) is 74.6 cm³/mol.